The number of para-hydroxylation sites is 2. The summed E-state index contributed by atoms with van der Waals surface area (Å²) in [4.78, 5) is 2.43. The van der Waals surface area contributed by atoms with Gasteiger partial charge in [0.25, 0.3) is 0 Å². The molecule has 1 aliphatic rings. The molecule has 2 heterocycles. The number of anilines is 3. The van der Waals surface area contributed by atoms with E-state index in [9.17, 15) is 0 Å². The molecule has 0 amide bonds. The predicted molar refractivity (Wildman–Crippen MR) is 126 cm³/mol. The third kappa shape index (κ3) is 2.27. The minimum Gasteiger partial charge on any atom is -0.310 e. The van der Waals surface area contributed by atoms with E-state index in [0.717, 1.165) is 0 Å². The van der Waals surface area contributed by atoms with Gasteiger partial charge in [0.05, 0.1) is 11.4 Å². The topological polar surface area (TPSA) is 3.24 Å². The summed E-state index contributed by atoms with van der Waals surface area (Å²) in [5.74, 6) is 0. The molecule has 0 N–H and O–H groups in total. The summed E-state index contributed by atoms with van der Waals surface area (Å²) in [5.41, 5.74) is 6.48. The first-order chi connectivity index (χ1) is 14.2. The third-order valence-electron chi connectivity index (χ3n) is 6.22. The highest BCUT2D eigenvalue weighted by molar-refractivity contribution is 7.25. The molecule has 0 atom stereocenters. The molecule has 6 rings (SSSR count). The van der Waals surface area contributed by atoms with Crippen LogP contribution in [0.5, 0.6) is 0 Å². The molecular formula is C27H21NS. The molecule has 29 heavy (non-hydrogen) atoms. The van der Waals surface area contributed by atoms with Crippen molar-refractivity contribution < 1.29 is 0 Å². The van der Waals surface area contributed by atoms with E-state index >= 15 is 0 Å². The van der Waals surface area contributed by atoms with Crippen LogP contribution in [0.15, 0.2) is 91.0 Å². The fourth-order valence-corrected chi connectivity index (χ4v) is 6.06. The van der Waals surface area contributed by atoms with E-state index in [4.69, 9.17) is 0 Å². The highest BCUT2D eigenvalue weighted by atomic mass is 32.1. The first-order valence-electron chi connectivity index (χ1n) is 10.1. The van der Waals surface area contributed by atoms with E-state index < -0.39 is 0 Å². The molecule has 0 saturated heterocycles. The number of benzene rings is 4. The van der Waals surface area contributed by atoms with Gasteiger partial charge in [0.1, 0.15) is 0 Å². The van der Waals surface area contributed by atoms with Crippen molar-refractivity contribution in [2.45, 2.75) is 19.3 Å². The number of hydrogen-bond acceptors (Lipinski definition) is 2. The highest BCUT2D eigenvalue weighted by Gasteiger charge is 2.38. The molecule has 140 valence electrons. The first kappa shape index (κ1) is 16.8. The van der Waals surface area contributed by atoms with Gasteiger partial charge in [0.15, 0.2) is 0 Å². The zero-order valence-corrected chi connectivity index (χ0v) is 17.3. The van der Waals surface area contributed by atoms with Crippen molar-refractivity contribution in [2.75, 3.05) is 4.90 Å². The zero-order valence-electron chi connectivity index (χ0n) is 16.5. The minimum absolute atomic E-state index is 0.0828. The van der Waals surface area contributed by atoms with Crippen LogP contribution in [0.25, 0.3) is 20.2 Å². The standard InChI is InChI=1S/C27H21NS/c1-27(2)20-13-7-8-14-21(20)28(18-10-4-3-5-11-18)22-16-17-24-25(26(22)27)19-12-6-9-15-23(19)29-24/h3-17H,1-2H3. The maximum atomic E-state index is 2.43. The number of hydrogen-bond donors (Lipinski definition) is 0. The average Bonchev–Trinajstić information content (AvgIpc) is 3.13. The van der Waals surface area contributed by atoms with E-state index in [1.807, 2.05) is 11.3 Å². The van der Waals surface area contributed by atoms with Gasteiger partial charge in [0.2, 0.25) is 0 Å². The van der Waals surface area contributed by atoms with Gasteiger partial charge in [-0.25, -0.2) is 0 Å². The van der Waals surface area contributed by atoms with Crippen LogP contribution in [0, 0.1) is 0 Å². The molecule has 0 unspecified atom stereocenters. The molecule has 0 spiro atoms. The third-order valence-corrected chi connectivity index (χ3v) is 7.36. The molecule has 1 aromatic heterocycles. The van der Waals surface area contributed by atoms with Gasteiger partial charge < -0.3 is 4.90 Å². The van der Waals surface area contributed by atoms with Crippen LogP contribution in [-0.4, -0.2) is 0 Å². The van der Waals surface area contributed by atoms with Crippen LogP contribution in [0.3, 0.4) is 0 Å². The zero-order chi connectivity index (χ0) is 19.6. The van der Waals surface area contributed by atoms with Crippen molar-refractivity contribution in [3.8, 4) is 0 Å². The molecule has 4 aromatic carbocycles. The average molecular weight is 392 g/mol. The van der Waals surface area contributed by atoms with Gasteiger partial charge in [-0.15, -0.1) is 11.3 Å². The lowest BCUT2D eigenvalue weighted by Gasteiger charge is -2.42. The van der Waals surface area contributed by atoms with Crippen molar-refractivity contribution in [1.82, 2.24) is 0 Å². The van der Waals surface area contributed by atoms with Crippen molar-refractivity contribution in [1.29, 1.82) is 0 Å². The summed E-state index contributed by atoms with van der Waals surface area (Å²) in [6, 6.07) is 33.0. The Morgan fingerprint density at radius 3 is 2.24 bits per heavy atom. The van der Waals surface area contributed by atoms with Gasteiger partial charge in [0, 0.05) is 31.3 Å². The molecular weight excluding hydrogens is 370 g/mol. The second kappa shape index (κ2) is 5.95. The Labute approximate surface area is 174 Å². The largest absolute Gasteiger partial charge is 0.310 e. The normalized spacial score (nSPS) is 14.8. The summed E-state index contributed by atoms with van der Waals surface area (Å²) < 4.78 is 2.72. The van der Waals surface area contributed by atoms with Crippen molar-refractivity contribution in [2.24, 2.45) is 0 Å². The lowest BCUT2D eigenvalue weighted by Crippen LogP contribution is -2.30. The first-order valence-corrected chi connectivity index (χ1v) is 10.9. The van der Waals surface area contributed by atoms with Crippen LogP contribution < -0.4 is 4.90 Å². The lowest BCUT2D eigenvalue weighted by atomic mass is 9.72. The molecule has 0 bridgehead atoms. The molecule has 1 aliphatic heterocycles. The van der Waals surface area contributed by atoms with Gasteiger partial charge in [-0.2, -0.15) is 0 Å². The number of nitrogens with zero attached hydrogens (tertiary/aromatic N) is 1. The lowest BCUT2D eigenvalue weighted by molar-refractivity contribution is 0.638. The van der Waals surface area contributed by atoms with Crippen LogP contribution in [-0.2, 0) is 5.41 Å². The SMILES string of the molecule is CC1(C)c2ccccc2N(c2ccccc2)c2ccc3sc4ccccc4c3c21. The highest BCUT2D eigenvalue weighted by Crippen LogP contribution is 2.55. The van der Waals surface area contributed by atoms with Crippen molar-refractivity contribution in [3.05, 3.63) is 102 Å². The van der Waals surface area contributed by atoms with Crippen LogP contribution in [0.2, 0.25) is 0 Å². The number of rotatable bonds is 1. The van der Waals surface area contributed by atoms with Gasteiger partial charge in [-0.3, -0.25) is 0 Å². The monoisotopic (exact) mass is 391 g/mol. The van der Waals surface area contributed by atoms with Gasteiger partial charge in [-0.05, 0) is 47.5 Å². The molecule has 2 heteroatoms. The van der Waals surface area contributed by atoms with Gasteiger partial charge in [-0.1, -0.05) is 68.4 Å². The molecule has 0 saturated carbocycles. The molecule has 5 aromatic rings. The molecule has 0 aliphatic carbocycles. The fourth-order valence-electron chi connectivity index (χ4n) is 4.94. The summed E-state index contributed by atoms with van der Waals surface area (Å²) in [5, 5.41) is 2.77. The van der Waals surface area contributed by atoms with E-state index in [0.29, 0.717) is 0 Å². The Morgan fingerprint density at radius 2 is 1.38 bits per heavy atom. The Kier molecular flexibility index (Phi) is 3.45. The molecule has 1 nitrogen and oxygen atoms in total. The van der Waals surface area contributed by atoms with Crippen molar-refractivity contribution in [3.63, 3.8) is 0 Å². The quantitative estimate of drug-likeness (QED) is 0.278. The van der Waals surface area contributed by atoms with Crippen molar-refractivity contribution >= 4 is 48.6 Å². The summed E-state index contributed by atoms with van der Waals surface area (Å²) >= 11 is 1.90. The smallest absolute Gasteiger partial charge is 0.0509 e. The summed E-state index contributed by atoms with van der Waals surface area (Å²) in [7, 11) is 0. The Morgan fingerprint density at radius 1 is 0.655 bits per heavy atom. The van der Waals surface area contributed by atoms with E-state index in [-0.39, 0.29) is 5.41 Å². The minimum atomic E-state index is -0.0828. The molecule has 0 radical (unpaired) electrons. The Balaban J connectivity index is 1.79. The second-order valence-corrected chi connectivity index (χ2v) is 9.33. The summed E-state index contributed by atoms with van der Waals surface area (Å²) in [6.45, 7) is 4.75. The Hall–Kier alpha value is -3.10. The predicted octanol–water partition coefficient (Wildman–Crippen LogP) is 8.16. The summed E-state index contributed by atoms with van der Waals surface area (Å²) in [6.07, 6.45) is 0. The van der Waals surface area contributed by atoms with E-state index in [2.05, 4.69) is 110 Å². The van der Waals surface area contributed by atoms with Crippen LogP contribution in [0.4, 0.5) is 17.1 Å². The maximum Gasteiger partial charge on any atom is 0.0509 e. The number of thiophene rings is 1. The number of fused-ring (bicyclic) bond motifs is 6. The maximum absolute atomic E-state index is 2.43. The van der Waals surface area contributed by atoms with Gasteiger partial charge >= 0.3 is 0 Å². The second-order valence-electron chi connectivity index (χ2n) is 8.24. The Bertz CT molecular complexity index is 1380. The fraction of sp³-hybridized carbons (Fsp3) is 0.111. The van der Waals surface area contributed by atoms with Crippen LogP contribution in [0.1, 0.15) is 25.0 Å². The van der Waals surface area contributed by atoms with E-state index in [1.54, 1.807) is 0 Å². The molecule has 0 fully saturated rings. The van der Waals surface area contributed by atoms with Crippen LogP contribution >= 0.6 is 11.3 Å². The van der Waals surface area contributed by atoms with E-state index in [1.165, 1.54) is 48.4 Å².